The third-order valence-corrected chi connectivity index (χ3v) is 6.96. The lowest BCUT2D eigenvalue weighted by atomic mass is 9.63. The molecule has 152 valence electrons. The molecule has 1 saturated carbocycles. The van der Waals surface area contributed by atoms with Crippen LogP contribution in [0.1, 0.15) is 31.7 Å². The number of aryl methyl sites for hydroxylation is 1. The van der Waals surface area contributed by atoms with Crippen molar-refractivity contribution in [3.8, 4) is 0 Å². The van der Waals surface area contributed by atoms with Gasteiger partial charge in [0.1, 0.15) is 0 Å². The van der Waals surface area contributed by atoms with Crippen molar-refractivity contribution in [1.29, 1.82) is 0 Å². The van der Waals surface area contributed by atoms with Crippen LogP contribution in [0.5, 0.6) is 0 Å². The summed E-state index contributed by atoms with van der Waals surface area (Å²) < 4.78 is 36.4. The first-order valence-electron chi connectivity index (χ1n) is 9.42. The average molecular weight is 405 g/mol. The van der Waals surface area contributed by atoms with E-state index in [1.165, 1.54) is 6.21 Å². The minimum Gasteiger partial charge on any atom is -0.348 e. The first-order chi connectivity index (χ1) is 13.2. The van der Waals surface area contributed by atoms with Crippen molar-refractivity contribution in [2.24, 2.45) is 16.4 Å². The Bertz CT molecular complexity index is 870. The number of sulfonamides is 1. The molecule has 2 aliphatic rings. The van der Waals surface area contributed by atoms with E-state index in [1.807, 2.05) is 13.0 Å². The Morgan fingerprint density at radius 3 is 2.54 bits per heavy atom. The minimum absolute atomic E-state index is 0.0797. The van der Waals surface area contributed by atoms with Gasteiger partial charge in [-0.05, 0) is 42.4 Å². The number of nitrogens with zero attached hydrogens (tertiary/aromatic N) is 1. The van der Waals surface area contributed by atoms with Gasteiger partial charge in [0, 0.05) is 12.8 Å². The van der Waals surface area contributed by atoms with Crippen molar-refractivity contribution in [3.63, 3.8) is 0 Å². The van der Waals surface area contributed by atoms with Gasteiger partial charge in [-0.2, -0.15) is 13.5 Å². The van der Waals surface area contributed by atoms with Gasteiger partial charge in [0.15, 0.2) is 5.79 Å². The molecule has 7 heteroatoms. The number of ether oxygens (including phenoxy) is 2. The highest BCUT2D eigenvalue weighted by atomic mass is 32.2. The van der Waals surface area contributed by atoms with Crippen molar-refractivity contribution >= 4 is 16.2 Å². The molecule has 2 atom stereocenters. The lowest BCUT2D eigenvalue weighted by molar-refractivity contribution is -0.200. The van der Waals surface area contributed by atoms with Crippen LogP contribution in [0.2, 0.25) is 0 Å². The molecule has 28 heavy (non-hydrogen) atoms. The largest absolute Gasteiger partial charge is 0.348 e. The standard InChI is InChI=1S/C21H28N2O4S/c1-5-20(4)15-21(26-12-13-27-21)11-10-19(20)17(3)14-22-23-28(24,25)18-8-6-16(2)7-9-18/h5-9,14,19,23H,1,3,10-13,15H2,2,4H3/b22-14-/t19-,20+/m0/s1. The Morgan fingerprint density at radius 2 is 1.93 bits per heavy atom. The second-order valence-electron chi connectivity index (χ2n) is 7.83. The monoisotopic (exact) mass is 404 g/mol. The molecule has 1 saturated heterocycles. The summed E-state index contributed by atoms with van der Waals surface area (Å²) in [6.07, 6.45) is 5.67. The molecule has 0 radical (unpaired) electrons. The number of hydrogen-bond acceptors (Lipinski definition) is 5. The Hall–Kier alpha value is -1.96. The highest BCUT2D eigenvalue weighted by molar-refractivity contribution is 7.89. The van der Waals surface area contributed by atoms with E-state index in [1.54, 1.807) is 24.3 Å². The molecule has 3 rings (SSSR count). The fraction of sp³-hybridized carbons (Fsp3) is 0.476. The summed E-state index contributed by atoms with van der Waals surface area (Å²) in [5.41, 5.74) is 1.47. The van der Waals surface area contributed by atoms with E-state index in [2.05, 4.69) is 30.0 Å². The third kappa shape index (κ3) is 4.21. The topological polar surface area (TPSA) is 77.0 Å². The van der Waals surface area contributed by atoms with Gasteiger partial charge in [-0.15, -0.1) is 6.58 Å². The summed E-state index contributed by atoms with van der Waals surface area (Å²) >= 11 is 0. The first-order valence-corrected chi connectivity index (χ1v) is 10.9. The third-order valence-electron chi connectivity index (χ3n) is 5.72. The maximum Gasteiger partial charge on any atom is 0.276 e. The lowest BCUT2D eigenvalue weighted by Gasteiger charge is -2.47. The van der Waals surface area contributed by atoms with Crippen LogP contribution in [-0.4, -0.2) is 33.6 Å². The van der Waals surface area contributed by atoms with Gasteiger partial charge in [0.2, 0.25) is 0 Å². The zero-order chi connectivity index (χ0) is 20.4. The molecule has 0 unspecified atom stereocenters. The van der Waals surface area contributed by atoms with E-state index in [-0.39, 0.29) is 16.2 Å². The van der Waals surface area contributed by atoms with Crippen LogP contribution in [0, 0.1) is 18.3 Å². The van der Waals surface area contributed by atoms with Gasteiger partial charge in [0.05, 0.1) is 24.3 Å². The summed E-state index contributed by atoms with van der Waals surface area (Å²) in [5, 5.41) is 3.95. The molecular formula is C21H28N2O4S. The van der Waals surface area contributed by atoms with E-state index in [0.717, 1.165) is 24.0 Å². The second kappa shape index (κ2) is 7.81. The van der Waals surface area contributed by atoms with Crippen molar-refractivity contribution in [2.45, 2.75) is 43.8 Å². The maximum absolute atomic E-state index is 12.4. The predicted octanol–water partition coefficient (Wildman–Crippen LogP) is 3.55. The number of rotatable bonds is 6. The molecule has 0 aromatic heterocycles. The molecule has 0 bridgehead atoms. The average Bonchev–Trinajstić information content (AvgIpc) is 3.09. The van der Waals surface area contributed by atoms with Gasteiger partial charge < -0.3 is 9.47 Å². The van der Waals surface area contributed by atoms with Crippen molar-refractivity contribution in [3.05, 3.63) is 54.6 Å². The van der Waals surface area contributed by atoms with Gasteiger partial charge in [-0.1, -0.05) is 37.3 Å². The number of hydrazone groups is 1. The molecule has 1 aliphatic carbocycles. The zero-order valence-electron chi connectivity index (χ0n) is 16.5. The number of allylic oxidation sites excluding steroid dienone is 2. The number of hydrogen-bond donors (Lipinski definition) is 1. The summed E-state index contributed by atoms with van der Waals surface area (Å²) in [4.78, 5) is 2.44. The molecule has 1 N–H and O–H groups in total. The fourth-order valence-electron chi connectivity index (χ4n) is 4.09. The van der Waals surface area contributed by atoms with Gasteiger partial charge in [-0.3, -0.25) is 0 Å². The van der Waals surface area contributed by atoms with Gasteiger partial charge in [0.25, 0.3) is 10.0 Å². The van der Waals surface area contributed by atoms with E-state index >= 15 is 0 Å². The molecule has 1 spiro atoms. The highest BCUT2D eigenvalue weighted by Gasteiger charge is 2.50. The molecule has 0 amide bonds. The van der Waals surface area contributed by atoms with E-state index < -0.39 is 15.8 Å². The quantitative estimate of drug-likeness (QED) is 0.447. The maximum atomic E-state index is 12.4. The summed E-state index contributed by atoms with van der Waals surface area (Å²) in [6, 6.07) is 6.60. The highest BCUT2D eigenvalue weighted by Crippen LogP contribution is 2.51. The van der Waals surface area contributed by atoms with Crippen LogP contribution in [0.4, 0.5) is 0 Å². The number of nitrogens with one attached hydrogen (secondary N) is 1. The summed E-state index contributed by atoms with van der Waals surface area (Å²) in [6.45, 7) is 13.4. The van der Waals surface area contributed by atoms with E-state index in [9.17, 15) is 8.42 Å². The Kier molecular flexibility index (Phi) is 5.79. The molecule has 2 fully saturated rings. The van der Waals surface area contributed by atoms with Crippen molar-refractivity contribution in [2.75, 3.05) is 13.2 Å². The summed E-state index contributed by atoms with van der Waals surface area (Å²) in [5.74, 6) is -0.458. The Morgan fingerprint density at radius 1 is 1.29 bits per heavy atom. The Balaban J connectivity index is 1.68. The molecule has 6 nitrogen and oxygen atoms in total. The SMILES string of the molecule is C=C[C@]1(C)CC2(CC[C@H]1C(=C)/C=N\NS(=O)(=O)c1ccc(C)cc1)OCCO2. The van der Waals surface area contributed by atoms with Crippen LogP contribution < -0.4 is 4.83 Å². The first kappa shape index (κ1) is 20.8. The van der Waals surface area contributed by atoms with Crippen molar-refractivity contribution < 1.29 is 17.9 Å². The normalized spacial score (nSPS) is 27.1. The zero-order valence-corrected chi connectivity index (χ0v) is 17.3. The van der Waals surface area contributed by atoms with E-state index in [4.69, 9.17) is 9.47 Å². The number of benzene rings is 1. The second-order valence-corrected chi connectivity index (χ2v) is 9.49. The van der Waals surface area contributed by atoms with Crippen LogP contribution in [0.15, 0.2) is 59.1 Å². The molecule has 1 aromatic rings. The van der Waals surface area contributed by atoms with Crippen LogP contribution >= 0.6 is 0 Å². The van der Waals surface area contributed by atoms with Crippen molar-refractivity contribution in [1.82, 2.24) is 4.83 Å². The Labute approximate surface area is 167 Å². The van der Waals surface area contributed by atoms with Gasteiger partial charge >= 0.3 is 0 Å². The lowest BCUT2D eigenvalue weighted by Crippen LogP contribution is -2.45. The smallest absolute Gasteiger partial charge is 0.276 e. The fourth-order valence-corrected chi connectivity index (χ4v) is 4.88. The van der Waals surface area contributed by atoms with Gasteiger partial charge in [-0.25, -0.2) is 4.83 Å². The minimum atomic E-state index is -3.71. The summed E-state index contributed by atoms with van der Waals surface area (Å²) in [7, 11) is -3.71. The van der Waals surface area contributed by atoms with Crippen LogP contribution in [0.3, 0.4) is 0 Å². The molecule has 1 aliphatic heterocycles. The predicted molar refractivity (Wildman–Crippen MR) is 109 cm³/mol. The molecular weight excluding hydrogens is 376 g/mol. The van der Waals surface area contributed by atoms with E-state index in [0.29, 0.717) is 19.6 Å². The molecule has 1 heterocycles. The molecule has 1 aromatic carbocycles. The van der Waals surface area contributed by atoms with Crippen LogP contribution in [-0.2, 0) is 19.5 Å². The van der Waals surface area contributed by atoms with Crippen LogP contribution in [0.25, 0.3) is 0 Å².